The van der Waals surface area contributed by atoms with Gasteiger partial charge in [-0.15, -0.1) is 5.10 Å². The molecule has 2 heterocycles. The van der Waals surface area contributed by atoms with E-state index < -0.39 is 11.9 Å². The van der Waals surface area contributed by atoms with Crippen molar-refractivity contribution in [2.75, 3.05) is 24.3 Å². The lowest BCUT2D eigenvalue weighted by Gasteiger charge is -2.27. The van der Waals surface area contributed by atoms with Gasteiger partial charge in [0.1, 0.15) is 6.04 Å². The SMILES string of the molecule is CC1=C(C(N)=O)C(c2cccc(Br)c2)n2nc(-c3ccc(N(C)C)cc3)nc2N1. The minimum atomic E-state index is -0.488. The Hall–Kier alpha value is -3.13. The Morgan fingerprint density at radius 1 is 1.21 bits per heavy atom. The summed E-state index contributed by atoms with van der Waals surface area (Å²) in [5.74, 6) is 0.665. The number of rotatable bonds is 4. The molecule has 4 rings (SSSR count). The van der Waals surface area contributed by atoms with E-state index in [0.29, 0.717) is 23.0 Å². The first-order valence-electron chi connectivity index (χ1n) is 9.12. The van der Waals surface area contributed by atoms with Crippen molar-refractivity contribution in [3.63, 3.8) is 0 Å². The summed E-state index contributed by atoms with van der Waals surface area (Å²) in [7, 11) is 3.99. The molecule has 1 aliphatic rings. The van der Waals surface area contributed by atoms with Crippen LogP contribution in [0, 0.1) is 0 Å². The van der Waals surface area contributed by atoms with Crippen molar-refractivity contribution < 1.29 is 4.79 Å². The number of aromatic nitrogens is 3. The number of allylic oxidation sites excluding steroid dienone is 1. The molecule has 2 aromatic carbocycles. The highest BCUT2D eigenvalue weighted by Crippen LogP contribution is 2.36. The van der Waals surface area contributed by atoms with Crippen LogP contribution >= 0.6 is 15.9 Å². The maximum absolute atomic E-state index is 12.3. The molecule has 0 fully saturated rings. The topological polar surface area (TPSA) is 89.1 Å². The van der Waals surface area contributed by atoms with E-state index in [4.69, 9.17) is 10.8 Å². The molecular weight excluding hydrogens is 432 g/mol. The summed E-state index contributed by atoms with van der Waals surface area (Å²) in [6.07, 6.45) is 0. The lowest BCUT2D eigenvalue weighted by atomic mass is 9.95. The summed E-state index contributed by atoms with van der Waals surface area (Å²) in [4.78, 5) is 19.0. The maximum atomic E-state index is 12.3. The summed E-state index contributed by atoms with van der Waals surface area (Å²) in [5.41, 5.74) is 9.76. The molecule has 1 unspecified atom stereocenters. The molecule has 7 nitrogen and oxygen atoms in total. The number of carbonyl (C=O) groups excluding carboxylic acids is 1. The lowest BCUT2D eigenvalue weighted by Crippen LogP contribution is -2.31. The number of nitrogens with zero attached hydrogens (tertiary/aromatic N) is 4. The molecule has 0 saturated carbocycles. The fourth-order valence-corrected chi connectivity index (χ4v) is 3.90. The second-order valence-corrected chi connectivity index (χ2v) is 8.05. The first kappa shape index (κ1) is 19.2. The van der Waals surface area contributed by atoms with Gasteiger partial charge in [-0.1, -0.05) is 28.1 Å². The van der Waals surface area contributed by atoms with Crippen molar-refractivity contribution in [3.8, 4) is 11.4 Å². The van der Waals surface area contributed by atoms with Crippen LogP contribution in [0.5, 0.6) is 0 Å². The predicted octanol–water partition coefficient (Wildman–Crippen LogP) is 3.55. The second kappa shape index (κ2) is 7.36. The molecule has 3 aromatic rings. The summed E-state index contributed by atoms with van der Waals surface area (Å²) >= 11 is 3.50. The maximum Gasteiger partial charge on any atom is 0.248 e. The first-order chi connectivity index (χ1) is 13.8. The van der Waals surface area contributed by atoms with Gasteiger partial charge in [-0.25, -0.2) is 4.68 Å². The van der Waals surface area contributed by atoms with E-state index in [1.165, 1.54) is 0 Å². The average molecular weight is 453 g/mol. The van der Waals surface area contributed by atoms with E-state index in [1.54, 1.807) is 4.68 Å². The standard InChI is InChI=1S/C21H21BrN6O/c1-12-17(19(23)29)18(14-5-4-6-15(22)11-14)28-21(24-12)25-20(26-28)13-7-9-16(10-8-13)27(2)3/h4-11,18H,1-3H3,(H2,23,29)(H,24,25,26). The number of amides is 1. The number of fused-ring (bicyclic) bond motifs is 1. The van der Waals surface area contributed by atoms with Gasteiger partial charge >= 0.3 is 0 Å². The van der Waals surface area contributed by atoms with Crippen molar-refractivity contribution >= 4 is 33.5 Å². The van der Waals surface area contributed by atoms with E-state index in [2.05, 4.69) is 26.2 Å². The molecule has 1 aromatic heterocycles. The predicted molar refractivity (Wildman–Crippen MR) is 118 cm³/mol. The van der Waals surface area contributed by atoms with E-state index >= 15 is 0 Å². The molecule has 0 bridgehead atoms. The fraction of sp³-hybridized carbons (Fsp3) is 0.190. The smallest absolute Gasteiger partial charge is 0.248 e. The first-order valence-corrected chi connectivity index (χ1v) is 9.92. The third kappa shape index (κ3) is 3.51. The zero-order valence-corrected chi connectivity index (χ0v) is 17.9. The summed E-state index contributed by atoms with van der Waals surface area (Å²) < 4.78 is 2.64. The Balaban J connectivity index is 1.83. The Bertz CT molecular complexity index is 1120. The molecule has 1 aliphatic heterocycles. The molecule has 29 heavy (non-hydrogen) atoms. The Labute approximate surface area is 177 Å². The van der Waals surface area contributed by atoms with Crippen molar-refractivity contribution in [2.24, 2.45) is 5.73 Å². The largest absolute Gasteiger partial charge is 0.378 e. The number of halogens is 1. The van der Waals surface area contributed by atoms with E-state index in [-0.39, 0.29) is 0 Å². The fourth-order valence-electron chi connectivity index (χ4n) is 3.49. The van der Waals surface area contributed by atoms with Crippen LogP contribution in [0.1, 0.15) is 18.5 Å². The number of primary amides is 1. The summed E-state index contributed by atoms with van der Waals surface area (Å²) in [5, 5.41) is 7.90. The number of hydrogen-bond acceptors (Lipinski definition) is 5. The van der Waals surface area contributed by atoms with Crippen LogP contribution in [-0.2, 0) is 4.79 Å². The van der Waals surface area contributed by atoms with Gasteiger partial charge in [-0.3, -0.25) is 4.79 Å². The van der Waals surface area contributed by atoms with Gasteiger partial charge in [-0.2, -0.15) is 4.98 Å². The van der Waals surface area contributed by atoms with Crippen molar-refractivity contribution in [1.29, 1.82) is 0 Å². The van der Waals surface area contributed by atoms with Crippen molar-refractivity contribution in [2.45, 2.75) is 13.0 Å². The van der Waals surface area contributed by atoms with Crippen LogP contribution in [0.25, 0.3) is 11.4 Å². The zero-order valence-electron chi connectivity index (χ0n) is 16.3. The molecule has 8 heteroatoms. The number of carbonyl (C=O) groups is 1. The highest BCUT2D eigenvalue weighted by Gasteiger charge is 2.33. The van der Waals surface area contributed by atoms with Crippen molar-refractivity contribution in [3.05, 3.63) is 69.8 Å². The second-order valence-electron chi connectivity index (χ2n) is 7.13. The highest BCUT2D eigenvalue weighted by molar-refractivity contribution is 9.10. The summed E-state index contributed by atoms with van der Waals surface area (Å²) in [6, 6.07) is 15.3. The zero-order chi connectivity index (χ0) is 20.7. The van der Waals surface area contributed by atoms with Gasteiger partial charge in [0.05, 0.1) is 5.57 Å². The minimum Gasteiger partial charge on any atom is -0.378 e. The number of anilines is 2. The van der Waals surface area contributed by atoms with Crippen LogP contribution in [0.3, 0.4) is 0 Å². The Kier molecular flexibility index (Phi) is 4.87. The molecule has 0 saturated heterocycles. The van der Waals surface area contributed by atoms with Gasteiger partial charge in [0.15, 0.2) is 5.82 Å². The monoisotopic (exact) mass is 452 g/mol. The van der Waals surface area contributed by atoms with Crippen LogP contribution in [0.15, 0.2) is 64.3 Å². The van der Waals surface area contributed by atoms with Gasteiger partial charge in [0.2, 0.25) is 11.9 Å². The van der Waals surface area contributed by atoms with Gasteiger partial charge in [0.25, 0.3) is 0 Å². The molecule has 0 spiro atoms. The van der Waals surface area contributed by atoms with Crippen LogP contribution in [-0.4, -0.2) is 34.8 Å². The quantitative estimate of drug-likeness (QED) is 0.631. The van der Waals surface area contributed by atoms with Gasteiger partial charge < -0.3 is 16.0 Å². The summed E-state index contributed by atoms with van der Waals surface area (Å²) in [6.45, 7) is 1.83. The Morgan fingerprint density at radius 3 is 2.55 bits per heavy atom. The number of hydrogen-bond donors (Lipinski definition) is 2. The number of nitrogens with two attached hydrogens (primary N) is 1. The number of nitrogens with one attached hydrogen (secondary N) is 1. The van der Waals surface area contributed by atoms with Gasteiger partial charge in [0, 0.05) is 35.5 Å². The molecule has 1 atom stereocenters. The molecular formula is C21H21BrN6O. The third-order valence-electron chi connectivity index (χ3n) is 4.92. The molecule has 3 N–H and O–H groups in total. The van der Waals surface area contributed by atoms with Crippen LogP contribution in [0.4, 0.5) is 11.6 Å². The Morgan fingerprint density at radius 2 is 1.93 bits per heavy atom. The molecule has 1 amide bonds. The van der Waals surface area contributed by atoms with Gasteiger partial charge in [-0.05, 0) is 48.9 Å². The molecule has 148 valence electrons. The number of benzene rings is 2. The van der Waals surface area contributed by atoms with Crippen LogP contribution < -0.4 is 16.0 Å². The minimum absolute atomic E-state index is 0.455. The van der Waals surface area contributed by atoms with E-state index in [0.717, 1.165) is 21.3 Å². The van der Waals surface area contributed by atoms with E-state index in [1.807, 2.05) is 74.4 Å². The van der Waals surface area contributed by atoms with Crippen LogP contribution in [0.2, 0.25) is 0 Å². The van der Waals surface area contributed by atoms with E-state index in [9.17, 15) is 4.79 Å². The normalized spacial score (nSPS) is 15.7. The molecule has 0 aliphatic carbocycles. The highest BCUT2D eigenvalue weighted by atomic mass is 79.9. The molecule has 0 radical (unpaired) electrons. The van der Waals surface area contributed by atoms with Crippen molar-refractivity contribution in [1.82, 2.24) is 14.8 Å². The lowest BCUT2D eigenvalue weighted by molar-refractivity contribution is -0.115. The third-order valence-corrected chi connectivity index (χ3v) is 5.42. The average Bonchev–Trinajstić information content (AvgIpc) is 3.10.